The van der Waals surface area contributed by atoms with Gasteiger partial charge in [-0.05, 0) is 38.1 Å². The highest BCUT2D eigenvalue weighted by Gasteiger charge is 2.29. The first-order valence-electron chi connectivity index (χ1n) is 5.48. The summed E-state index contributed by atoms with van der Waals surface area (Å²) < 4.78 is 17.2. The van der Waals surface area contributed by atoms with Crippen LogP contribution in [0, 0.1) is 11.7 Å². The second kappa shape index (κ2) is 6.05. The van der Waals surface area contributed by atoms with E-state index in [2.05, 4.69) is 4.74 Å². The number of halogens is 1. The maximum Gasteiger partial charge on any atom is 0.375 e. The van der Waals surface area contributed by atoms with Crippen LogP contribution in [0.5, 0.6) is 0 Å². The summed E-state index contributed by atoms with van der Waals surface area (Å²) in [6, 6.07) is 4.78. The number of ether oxygens (including phenoxy) is 1. The van der Waals surface area contributed by atoms with Gasteiger partial charge in [-0.3, -0.25) is 9.59 Å². The lowest BCUT2D eigenvalue weighted by molar-refractivity contribution is -0.154. The van der Waals surface area contributed by atoms with Crippen molar-refractivity contribution in [1.29, 1.82) is 0 Å². The summed E-state index contributed by atoms with van der Waals surface area (Å²) in [6.45, 7) is 2.96. The quantitative estimate of drug-likeness (QED) is 0.347. The van der Waals surface area contributed by atoms with E-state index in [1.165, 1.54) is 19.1 Å². The van der Waals surface area contributed by atoms with Crippen LogP contribution < -0.4 is 0 Å². The van der Waals surface area contributed by atoms with Gasteiger partial charge < -0.3 is 4.74 Å². The highest BCUT2D eigenvalue weighted by Crippen LogP contribution is 2.11. The smallest absolute Gasteiger partial charge is 0.375 e. The van der Waals surface area contributed by atoms with Crippen molar-refractivity contribution in [2.24, 2.45) is 5.92 Å². The topological polar surface area (TPSA) is 60.4 Å². The van der Waals surface area contributed by atoms with Crippen molar-refractivity contribution in [2.45, 2.75) is 13.8 Å². The van der Waals surface area contributed by atoms with Crippen molar-refractivity contribution in [3.05, 3.63) is 35.6 Å². The minimum atomic E-state index is -1.13. The summed E-state index contributed by atoms with van der Waals surface area (Å²) in [5, 5.41) is 0. The van der Waals surface area contributed by atoms with Gasteiger partial charge in [0.15, 0.2) is 5.78 Å². The number of Topliss-reactive ketones (excluding diaryl/α,β-unsaturated/α-hetero) is 2. The molecule has 0 N–H and O–H groups in total. The Morgan fingerprint density at radius 1 is 1.22 bits per heavy atom. The van der Waals surface area contributed by atoms with E-state index >= 15 is 0 Å². The summed E-state index contributed by atoms with van der Waals surface area (Å²) in [6.07, 6.45) is 0. The third kappa shape index (κ3) is 3.23. The van der Waals surface area contributed by atoms with Crippen molar-refractivity contribution < 1.29 is 23.5 Å². The normalized spacial score (nSPS) is 11.7. The van der Waals surface area contributed by atoms with E-state index in [0.29, 0.717) is 0 Å². The van der Waals surface area contributed by atoms with Crippen LogP contribution >= 0.6 is 0 Å². The van der Waals surface area contributed by atoms with Gasteiger partial charge in [-0.1, -0.05) is 0 Å². The predicted octanol–water partition coefficient (Wildman–Crippen LogP) is 1.78. The van der Waals surface area contributed by atoms with Gasteiger partial charge in [-0.15, -0.1) is 0 Å². The lowest BCUT2D eigenvalue weighted by atomic mass is 9.95. The fraction of sp³-hybridized carbons (Fsp3) is 0.308. The second-order valence-corrected chi connectivity index (χ2v) is 3.68. The fourth-order valence-electron chi connectivity index (χ4n) is 1.36. The van der Waals surface area contributed by atoms with E-state index < -0.39 is 29.3 Å². The lowest BCUT2D eigenvalue weighted by Crippen LogP contribution is -2.29. The van der Waals surface area contributed by atoms with Crippen LogP contribution in [0.25, 0.3) is 0 Å². The molecule has 0 fully saturated rings. The Labute approximate surface area is 104 Å². The first kappa shape index (κ1) is 14.0. The van der Waals surface area contributed by atoms with Crippen LogP contribution in [0.4, 0.5) is 4.39 Å². The highest BCUT2D eigenvalue weighted by atomic mass is 19.1. The Balaban J connectivity index is 2.81. The van der Waals surface area contributed by atoms with E-state index in [1.54, 1.807) is 6.92 Å². The Bertz CT molecular complexity index is 464. The van der Waals surface area contributed by atoms with Crippen molar-refractivity contribution in [1.82, 2.24) is 0 Å². The zero-order chi connectivity index (χ0) is 13.7. The van der Waals surface area contributed by atoms with E-state index in [0.717, 1.165) is 12.1 Å². The molecule has 1 aromatic rings. The molecule has 0 aliphatic heterocycles. The van der Waals surface area contributed by atoms with Crippen molar-refractivity contribution in [3.8, 4) is 0 Å². The molecule has 1 aromatic carbocycles. The maximum absolute atomic E-state index is 12.7. The van der Waals surface area contributed by atoms with Crippen LogP contribution in [0.3, 0.4) is 0 Å². The molecule has 0 amide bonds. The molecule has 0 radical (unpaired) electrons. The number of rotatable bonds is 5. The lowest BCUT2D eigenvalue weighted by Gasteiger charge is -2.08. The van der Waals surface area contributed by atoms with Crippen LogP contribution in [-0.2, 0) is 14.3 Å². The molecule has 0 aliphatic rings. The Morgan fingerprint density at radius 2 is 1.78 bits per heavy atom. The van der Waals surface area contributed by atoms with Gasteiger partial charge in [-0.2, -0.15) is 0 Å². The largest absolute Gasteiger partial charge is 0.460 e. The molecule has 0 spiro atoms. The van der Waals surface area contributed by atoms with Crippen molar-refractivity contribution >= 4 is 17.5 Å². The average molecular weight is 252 g/mol. The summed E-state index contributed by atoms with van der Waals surface area (Å²) in [5.74, 6) is -4.06. The van der Waals surface area contributed by atoms with E-state index in [1.807, 2.05) is 0 Å². The third-order valence-electron chi connectivity index (χ3n) is 2.39. The second-order valence-electron chi connectivity index (χ2n) is 3.68. The molecule has 0 heterocycles. The van der Waals surface area contributed by atoms with Crippen molar-refractivity contribution in [3.63, 3.8) is 0 Å². The monoisotopic (exact) mass is 252 g/mol. The molecule has 18 heavy (non-hydrogen) atoms. The zero-order valence-electron chi connectivity index (χ0n) is 10.1. The molecular formula is C13H13FO4. The molecule has 0 bridgehead atoms. The minimum absolute atomic E-state index is 0.0715. The zero-order valence-corrected chi connectivity index (χ0v) is 10.1. The molecule has 1 unspecified atom stereocenters. The summed E-state index contributed by atoms with van der Waals surface area (Å²) >= 11 is 0. The van der Waals surface area contributed by atoms with Gasteiger partial charge >= 0.3 is 5.97 Å². The van der Waals surface area contributed by atoms with Crippen molar-refractivity contribution in [2.75, 3.05) is 6.61 Å². The van der Waals surface area contributed by atoms with Crippen LogP contribution in [0.15, 0.2) is 24.3 Å². The van der Waals surface area contributed by atoms with E-state index in [-0.39, 0.29) is 12.2 Å². The number of benzene rings is 1. The molecule has 0 aromatic heterocycles. The molecule has 5 heteroatoms. The molecular weight excluding hydrogens is 239 g/mol. The number of esters is 1. The molecule has 4 nitrogen and oxygen atoms in total. The van der Waals surface area contributed by atoms with Gasteiger partial charge in [0.25, 0.3) is 5.78 Å². The Kier molecular flexibility index (Phi) is 4.71. The molecule has 0 saturated carbocycles. The molecule has 1 atom stereocenters. The number of hydrogen-bond acceptors (Lipinski definition) is 4. The number of carbonyl (C=O) groups excluding carboxylic acids is 3. The van der Waals surface area contributed by atoms with Crippen LogP contribution in [0.2, 0.25) is 0 Å². The summed E-state index contributed by atoms with van der Waals surface area (Å²) in [5.41, 5.74) is 0.182. The maximum atomic E-state index is 12.7. The average Bonchev–Trinajstić information content (AvgIpc) is 2.37. The van der Waals surface area contributed by atoms with Crippen LogP contribution in [0.1, 0.15) is 24.2 Å². The SMILES string of the molecule is CCOC(=O)C(=O)C(C)C(=O)c1ccc(F)cc1. The number of ketones is 2. The highest BCUT2D eigenvalue weighted by molar-refractivity contribution is 6.39. The van der Waals surface area contributed by atoms with E-state index in [9.17, 15) is 18.8 Å². The molecule has 1 rings (SSSR count). The molecule has 0 saturated heterocycles. The number of hydrogen-bond donors (Lipinski definition) is 0. The first-order chi connectivity index (χ1) is 8.47. The Morgan fingerprint density at radius 3 is 2.28 bits per heavy atom. The Hall–Kier alpha value is -2.04. The third-order valence-corrected chi connectivity index (χ3v) is 2.39. The van der Waals surface area contributed by atoms with Gasteiger partial charge in [0, 0.05) is 5.56 Å². The fourth-order valence-corrected chi connectivity index (χ4v) is 1.36. The van der Waals surface area contributed by atoms with Gasteiger partial charge in [0.05, 0.1) is 12.5 Å². The molecule has 0 aliphatic carbocycles. The summed E-state index contributed by atoms with van der Waals surface area (Å²) in [7, 11) is 0. The van der Waals surface area contributed by atoms with Gasteiger partial charge in [0.2, 0.25) is 0 Å². The summed E-state index contributed by atoms with van der Waals surface area (Å²) in [4.78, 5) is 34.6. The van der Waals surface area contributed by atoms with Gasteiger partial charge in [0.1, 0.15) is 5.82 Å². The predicted molar refractivity (Wildman–Crippen MR) is 61.5 cm³/mol. The van der Waals surface area contributed by atoms with Crippen LogP contribution in [-0.4, -0.2) is 24.1 Å². The first-order valence-corrected chi connectivity index (χ1v) is 5.48. The standard InChI is InChI=1S/C13H13FO4/c1-3-18-13(17)12(16)8(2)11(15)9-4-6-10(14)7-5-9/h4-8H,3H2,1-2H3. The molecule has 96 valence electrons. The minimum Gasteiger partial charge on any atom is -0.460 e. The number of carbonyl (C=O) groups is 3. The van der Waals surface area contributed by atoms with Gasteiger partial charge in [-0.25, -0.2) is 9.18 Å². The van der Waals surface area contributed by atoms with E-state index in [4.69, 9.17) is 0 Å².